The second kappa shape index (κ2) is 11.4. The van der Waals surface area contributed by atoms with Crippen LogP contribution in [0.2, 0.25) is 0 Å². The zero-order valence-electron chi connectivity index (χ0n) is 11.4. The van der Waals surface area contributed by atoms with Crippen LogP contribution >= 0.6 is 0 Å². The number of aliphatic hydroxyl groups excluding tert-OH is 1. The van der Waals surface area contributed by atoms with Crippen LogP contribution in [-0.2, 0) is 4.74 Å². The van der Waals surface area contributed by atoms with E-state index >= 15 is 0 Å². The molecule has 2 atom stereocenters. The van der Waals surface area contributed by atoms with Crippen LogP contribution in [0.15, 0.2) is 0 Å². The molecule has 0 heterocycles. The molecule has 2 heteroatoms. The van der Waals surface area contributed by atoms with E-state index in [1.807, 2.05) is 6.92 Å². The summed E-state index contributed by atoms with van der Waals surface area (Å²) in [6.45, 7) is 6.75. The van der Waals surface area contributed by atoms with Gasteiger partial charge in [0.2, 0.25) is 0 Å². The quantitative estimate of drug-likeness (QED) is 0.545. The molecule has 0 rings (SSSR count). The third-order valence-electron chi connectivity index (χ3n) is 3.06. The lowest BCUT2D eigenvalue weighted by Crippen LogP contribution is -2.23. The largest absolute Gasteiger partial charge is 0.391 e. The second-order valence-electron chi connectivity index (χ2n) is 4.79. The number of rotatable bonds is 11. The second-order valence-corrected chi connectivity index (χ2v) is 4.79. The van der Waals surface area contributed by atoms with Crippen molar-refractivity contribution in [3.05, 3.63) is 0 Å². The Labute approximate surface area is 101 Å². The van der Waals surface area contributed by atoms with E-state index in [9.17, 15) is 5.11 Å². The van der Waals surface area contributed by atoms with E-state index in [2.05, 4.69) is 6.92 Å². The summed E-state index contributed by atoms with van der Waals surface area (Å²) < 4.78 is 5.50. The maximum Gasteiger partial charge on any atom is 0.0803 e. The van der Waals surface area contributed by atoms with Crippen LogP contribution in [0, 0.1) is 0 Å². The smallest absolute Gasteiger partial charge is 0.0803 e. The third-order valence-corrected chi connectivity index (χ3v) is 3.06. The van der Waals surface area contributed by atoms with E-state index in [0.717, 1.165) is 13.0 Å². The maximum absolute atomic E-state index is 9.22. The van der Waals surface area contributed by atoms with Crippen LogP contribution in [0.4, 0.5) is 0 Å². The third kappa shape index (κ3) is 10.4. The Hall–Kier alpha value is -0.0800. The van der Waals surface area contributed by atoms with Crippen molar-refractivity contribution in [3.8, 4) is 0 Å². The minimum atomic E-state index is -0.353. The Bertz CT molecular complexity index is 135. The maximum atomic E-state index is 9.22. The number of unbranched alkanes of at least 4 members (excludes halogenated alkanes) is 7. The number of aliphatic hydroxyl groups is 1. The van der Waals surface area contributed by atoms with Crippen molar-refractivity contribution in [3.63, 3.8) is 0 Å². The van der Waals surface area contributed by atoms with Crippen LogP contribution < -0.4 is 0 Å². The molecule has 0 aliphatic carbocycles. The van der Waals surface area contributed by atoms with Gasteiger partial charge in [-0.25, -0.2) is 0 Å². The van der Waals surface area contributed by atoms with Crippen LogP contribution in [0.25, 0.3) is 0 Å². The van der Waals surface area contributed by atoms with E-state index in [4.69, 9.17) is 4.74 Å². The summed E-state index contributed by atoms with van der Waals surface area (Å²) >= 11 is 0. The Morgan fingerprint density at radius 1 is 0.875 bits per heavy atom. The molecule has 0 aliphatic rings. The molecule has 16 heavy (non-hydrogen) atoms. The van der Waals surface area contributed by atoms with E-state index in [1.165, 1.54) is 44.9 Å². The van der Waals surface area contributed by atoms with Gasteiger partial charge in [-0.2, -0.15) is 0 Å². The standard InChI is InChI=1S/C14H30O2/c1-4-5-6-7-8-9-10-11-12-16-14(3)13(2)15/h13-15H,4-12H2,1-3H3. The van der Waals surface area contributed by atoms with Crippen LogP contribution in [0.3, 0.4) is 0 Å². The van der Waals surface area contributed by atoms with Gasteiger partial charge in [-0.05, 0) is 20.3 Å². The van der Waals surface area contributed by atoms with E-state index in [-0.39, 0.29) is 12.2 Å². The van der Waals surface area contributed by atoms with Crippen LogP contribution in [-0.4, -0.2) is 23.9 Å². The summed E-state index contributed by atoms with van der Waals surface area (Å²) in [5, 5.41) is 9.22. The van der Waals surface area contributed by atoms with Crippen molar-refractivity contribution in [1.29, 1.82) is 0 Å². The fraction of sp³-hybridized carbons (Fsp3) is 1.00. The number of hydrogen-bond acceptors (Lipinski definition) is 2. The highest BCUT2D eigenvalue weighted by Gasteiger charge is 2.07. The molecule has 0 fully saturated rings. The minimum absolute atomic E-state index is 0.0236. The normalized spacial score (nSPS) is 15.0. The first-order chi connectivity index (χ1) is 7.68. The van der Waals surface area contributed by atoms with Crippen molar-refractivity contribution >= 4 is 0 Å². The van der Waals surface area contributed by atoms with Crippen molar-refractivity contribution in [2.45, 2.75) is 84.3 Å². The van der Waals surface area contributed by atoms with Crippen LogP contribution in [0.1, 0.15) is 72.1 Å². The lowest BCUT2D eigenvalue weighted by molar-refractivity contribution is -0.0194. The Morgan fingerprint density at radius 2 is 1.38 bits per heavy atom. The Morgan fingerprint density at radius 3 is 1.88 bits per heavy atom. The first-order valence-corrected chi connectivity index (χ1v) is 6.98. The molecule has 2 unspecified atom stereocenters. The molecule has 0 aromatic rings. The molecule has 0 spiro atoms. The topological polar surface area (TPSA) is 29.5 Å². The fourth-order valence-electron chi connectivity index (χ4n) is 1.64. The van der Waals surface area contributed by atoms with Gasteiger partial charge in [-0.15, -0.1) is 0 Å². The molecule has 0 saturated heterocycles. The lowest BCUT2D eigenvalue weighted by Gasteiger charge is -2.15. The predicted octanol–water partition coefficient (Wildman–Crippen LogP) is 3.91. The number of hydrogen-bond donors (Lipinski definition) is 1. The van der Waals surface area contributed by atoms with Crippen molar-refractivity contribution in [2.24, 2.45) is 0 Å². The summed E-state index contributed by atoms with van der Waals surface area (Å²) in [4.78, 5) is 0. The van der Waals surface area contributed by atoms with Gasteiger partial charge in [-0.3, -0.25) is 0 Å². The monoisotopic (exact) mass is 230 g/mol. The Kier molecular flexibility index (Phi) is 11.3. The van der Waals surface area contributed by atoms with E-state index in [0.29, 0.717) is 0 Å². The number of ether oxygens (including phenoxy) is 1. The molecule has 0 saturated carbocycles. The van der Waals surface area contributed by atoms with E-state index < -0.39 is 0 Å². The van der Waals surface area contributed by atoms with Gasteiger partial charge in [0, 0.05) is 6.61 Å². The van der Waals surface area contributed by atoms with Gasteiger partial charge >= 0.3 is 0 Å². The van der Waals surface area contributed by atoms with Gasteiger partial charge in [-0.1, -0.05) is 51.9 Å². The first-order valence-electron chi connectivity index (χ1n) is 6.98. The highest BCUT2D eigenvalue weighted by molar-refractivity contribution is 4.56. The van der Waals surface area contributed by atoms with Crippen molar-refractivity contribution in [1.82, 2.24) is 0 Å². The highest BCUT2D eigenvalue weighted by Crippen LogP contribution is 2.09. The molecule has 0 aliphatic heterocycles. The highest BCUT2D eigenvalue weighted by atomic mass is 16.5. The molecule has 0 aromatic heterocycles. The first kappa shape index (κ1) is 15.9. The molecule has 98 valence electrons. The average molecular weight is 230 g/mol. The van der Waals surface area contributed by atoms with Crippen molar-refractivity contribution in [2.75, 3.05) is 6.61 Å². The molecule has 0 aromatic carbocycles. The zero-order valence-corrected chi connectivity index (χ0v) is 11.4. The molecule has 0 bridgehead atoms. The summed E-state index contributed by atoms with van der Waals surface area (Å²) in [5.74, 6) is 0. The van der Waals surface area contributed by atoms with Gasteiger partial charge in [0.1, 0.15) is 0 Å². The fourth-order valence-corrected chi connectivity index (χ4v) is 1.64. The zero-order chi connectivity index (χ0) is 12.2. The van der Waals surface area contributed by atoms with Crippen LogP contribution in [0.5, 0.6) is 0 Å². The summed E-state index contributed by atoms with van der Waals surface area (Å²) in [5.41, 5.74) is 0. The minimum Gasteiger partial charge on any atom is -0.391 e. The van der Waals surface area contributed by atoms with Gasteiger partial charge in [0.25, 0.3) is 0 Å². The molecule has 1 N–H and O–H groups in total. The summed E-state index contributed by atoms with van der Waals surface area (Å²) in [6, 6.07) is 0. The van der Waals surface area contributed by atoms with Gasteiger partial charge in [0.15, 0.2) is 0 Å². The lowest BCUT2D eigenvalue weighted by atomic mass is 10.1. The molecule has 0 radical (unpaired) electrons. The molecular weight excluding hydrogens is 200 g/mol. The average Bonchev–Trinajstić information content (AvgIpc) is 2.26. The van der Waals surface area contributed by atoms with Crippen molar-refractivity contribution < 1.29 is 9.84 Å². The molecular formula is C14H30O2. The Balaban J connectivity index is 3.04. The SMILES string of the molecule is CCCCCCCCCCOC(C)C(C)O. The molecule has 0 amide bonds. The summed E-state index contributed by atoms with van der Waals surface area (Å²) in [6.07, 6.45) is 10.2. The van der Waals surface area contributed by atoms with E-state index in [1.54, 1.807) is 6.92 Å². The summed E-state index contributed by atoms with van der Waals surface area (Å²) in [7, 11) is 0. The van der Waals surface area contributed by atoms with Gasteiger partial charge < -0.3 is 9.84 Å². The van der Waals surface area contributed by atoms with Gasteiger partial charge in [0.05, 0.1) is 12.2 Å². The predicted molar refractivity (Wildman–Crippen MR) is 69.7 cm³/mol. The molecule has 2 nitrogen and oxygen atoms in total.